The first-order valence-electron chi connectivity index (χ1n) is 7.58. The highest BCUT2D eigenvalue weighted by Gasteiger charge is 2.11. The first-order chi connectivity index (χ1) is 10.1. The number of aliphatic imine (C=N–C) groups is 1. The van der Waals surface area contributed by atoms with Crippen LogP contribution in [0.25, 0.3) is 0 Å². The van der Waals surface area contributed by atoms with Crippen LogP contribution in [0.15, 0.2) is 23.2 Å². The summed E-state index contributed by atoms with van der Waals surface area (Å²) in [7, 11) is 3.65. The lowest BCUT2D eigenvalue weighted by atomic mass is 10.2. The van der Waals surface area contributed by atoms with Crippen LogP contribution in [0.1, 0.15) is 31.2 Å². The Hall–Kier alpha value is -1.78. The van der Waals surface area contributed by atoms with Gasteiger partial charge in [0.15, 0.2) is 5.96 Å². The number of halogens is 1. The molecule has 4 nitrogen and oxygen atoms in total. The van der Waals surface area contributed by atoms with E-state index in [1.165, 1.54) is 31.7 Å². The van der Waals surface area contributed by atoms with Gasteiger partial charge in [0, 0.05) is 27.2 Å². The Labute approximate surface area is 126 Å². The van der Waals surface area contributed by atoms with Crippen molar-refractivity contribution in [1.29, 1.82) is 0 Å². The molecule has 1 heterocycles. The minimum absolute atomic E-state index is 0.221. The monoisotopic (exact) mass is 292 g/mol. The van der Waals surface area contributed by atoms with E-state index in [9.17, 15) is 4.39 Å². The quantitative estimate of drug-likeness (QED) is 0.688. The highest BCUT2D eigenvalue weighted by atomic mass is 19.1. The van der Waals surface area contributed by atoms with Gasteiger partial charge in [-0.1, -0.05) is 18.9 Å². The Kier molecular flexibility index (Phi) is 5.42. The van der Waals surface area contributed by atoms with Crippen molar-refractivity contribution in [1.82, 2.24) is 4.90 Å². The summed E-state index contributed by atoms with van der Waals surface area (Å²) in [4.78, 5) is 8.31. The van der Waals surface area contributed by atoms with Crippen LogP contribution in [0.2, 0.25) is 0 Å². The average molecular weight is 292 g/mol. The van der Waals surface area contributed by atoms with Gasteiger partial charge in [-0.3, -0.25) is 0 Å². The van der Waals surface area contributed by atoms with Crippen molar-refractivity contribution in [2.75, 3.05) is 32.1 Å². The molecule has 5 heteroatoms. The van der Waals surface area contributed by atoms with Crippen LogP contribution in [0, 0.1) is 5.82 Å². The maximum Gasteiger partial charge on any atom is 0.191 e. The Morgan fingerprint density at radius 1 is 1.24 bits per heavy atom. The molecular formula is C16H25FN4. The highest BCUT2D eigenvalue weighted by Crippen LogP contribution is 2.18. The summed E-state index contributed by atoms with van der Waals surface area (Å²) < 4.78 is 13.9. The average Bonchev–Trinajstić information content (AvgIpc) is 2.73. The van der Waals surface area contributed by atoms with Crippen molar-refractivity contribution >= 4 is 11.6 Å². The van der Waals surface area contributed by atoms with Gasteiger partial charge in [0.1, 0.15) is 5.82 Å². The second kappa shape index (κ2) is 7.29. The third-order valence-electron chi connectivity index (χ3n) is 3.85. The molecule has 116 valence electrons. The maximum atomic E-state index is 13.9. The number of nitrogens with two attached hydrogens (primary N) is 1. The van der Waals surface area contributed by atoms with Crippen LogP contribution in [0.4, 0.5) is 10.1 Å². The van der Waals surface area contributed by atoms with Crippen LogP contribution in [-0.2, 0) is 6.54 Å². The van der Waals surface area contributed by atoms with Crippen LogP contribution in [0.5, 0.6) is 0 Å². The standard InChI is InChI=1S/C16H25FN4/c1-20(2)15-8-7-13(11-14(15)17)12-19-16(18)21-9-5-3-4-6-10-21/h7-8,11H,3-6,9-10,12H2,1-2H3,(H2,18,19). The molecule has 0 atom stereocenters. The first-order valence-corrected chi connectivity index (χ1v) is 7.58. The van der Waals surface area contributed by atoms with Gasteiger partial charge >= 0.3 is 0 Å². The van der Waals surface area contributed by atoms with Crippen LogP contribution in [-0.4, -0.2) is 38.0 Å². The summed E-state index contributed by atoms with van der Waals surface area (Å²) in [5.74, 6) is 0.357. The van der Waals surface area contributed by atoms with Crippen LogP contribution in [0.3, 0.4) is 0 Å². The number of hydrogen-bond acceptors (Lipinski definition) is 2. The fourth-order valence-corrected chi connectivity index (χ4v) is 2.58. The summed E-state index contributed by atoms with van der Waals surface area (Å²) in [5, 5.41) is 0. The van der Waals surface area contributed by atoms with E-state index in [1.807, 2.05) is 20.2 Å². The van der Waals surface area contributed by atoms with E-state index in [0.29, 0.717) is 18.2 Å². The molecule has 0 unspecified atom stereocenters. The summed E-state index contributed by atoms with van der Waals surface area (Å²) in [6, 6.07) is 5.22. The third kappa shape index (κ3) is 4.34. The molecule has 0 spiro atoms. The predicted octanol–water partition coefficient (Wildman–Crippen LogP) is 2.58. The van der Waals surface area contributed by atoms with Crippen molar-refractivity contribution in [3.63, 3.8) is 0 Å². The molecule has 1 saturated heterocycles. The second-order valence-electron chi connectivity index (χ2n) is 5.76. The molecule has 0 saturated carbocycles. The third-order valence-corrected chi connectivity index (χ3v) is 3.85. The van der Waals surface area contributed by atoms with Gasteiger partial charge in [-0.05, 0) is 30.5 Å². The molecule has 2 rings (SSSR count). The Balaban J connectivity index is 2.00. The predicted molar refractivity (Wildman–Crippen MR) is 86.1 cm³/mol. The molecule has 1 fully saturated rings. The van der Waals surface area contributed by atoms with Crippen molar-refractivity contribution in [3.05, 3.63) is 29.6 Å². The molecule has 0 aromatic heterocycles. The van der Waals surface area contributed by atoms with E-state index in [-0.39, 0.29) is 5.82 Å². The molecule has 2 N–H and O–H groups in total. The molecule has 21 heavy (non-hydrogen) atoms. The molecule has 0 amide bonds. The summed E-state index contributed by atoms with van der Waals surface area (Å²) in [6.07, 6.45) is 4.87. The van der Waals surface area contributed by atoms with Crippen molar-refractivity contribution < 1.29 is 4.39 Å². The molecule has 1 aromatic rings. The zero-order chi connectivity index (χ0) is 15.2. The van der Waals surface area contributed by atoms with Gasteiger partial charge in [-0.2, -0.15) is 0 Å². The Morgan fingerprint density at radius 3 is 2.48 bits per heavy atom. The van der Waals surface area contributed by atoms with Crippen molar-refractivity contribution in [3.8, 4) is 0 Å². The molecule has 1 aromatic carbocycles. The lowest BCUT2D eigenvalue weighted by molar-refractivity contribution is 0.428. The molecule has 1 aliphatic heterocycles. The van der Waals surface area contributed by atoms with Gasteiger partial charge in [0.25, 0.3) is 0 Å². The van der Waals surface area contributed by atoms with Gasteiger partial charge < -0.3 is 15.5 Å². The molecule has 0 aliphatic carbocycles. The zero-order valence-corrected chi connectivity index (χ0v) is 13.0. The van der Waals surface area contributed by atoms with Gasteiger partial charge in [-0.15, -0.1) is 0 Å². The maximum absolute atomic E-state index is 13.9. The SMILES string of the molecule is CN(C)c1ccc(CN=C(N)N2CCCCCC2)cc1F. The van der Waals surface area contributed by atoms with Crippen LogP contribution < -0.4 is 10.6 Å². The van der Waals surface area contributed by atoms with Crippen LogP contribution >= 0.6 is 0 Å². The van der Waals surface area contributed by atoms with Gasteiger partial charge in [0.2, 0.25) is 0 Å². The fourth-order valence-electron chi connectivity index (χ4n) is 2.58. The van der Waals surface area contributed by atoms with Crippen molar-refractivity contribution in [2.24, 2.45) is 10.7 Å². The number of hydrogen-bond donors (Lipinski definition) is 1. The van der Waals surface area contributed by atoms with E-state index in [4.69, 9.17) is 5.73 Å². The molecule has 0 bridgehead atoms. The molecular weight excluding hydrogens is 267 g/mol. The van der Waals surface area contributed by atoms with E-state index >= 15 is 0 Å². The van der Waals surface area contributed by atoms with E-state index < -0.39 is 0 Å². The number of rotatable bonds is 3. The highest BCUT2D eigenvalue weighted by molar-refractivity contribution is 5.78. The zero-order valence-electron chi connectivity index (χ0n) is 13.0. The number of benzene rings is 1. The summed E-state index contributed by atoms with van der Waals surface area (Å²) in [5.41, 5.74) is 7.49. The number of guanidine groups is 1. The minimum atomic E-state index is -0.221. The summed E-state index contributed by atoms with van der Waals surface area (Å²) >= 11 is 0. The smallest absolute Gasteiger partial charge is 0.191 e. The molecule has 1 aliphatic rings. The minimum Gasteiger partial charge on any atom is -0.375 e. The van der Waals surface area contributed by atoms with E-state index in [2.05, 4.69) is 9.89 Å². The fraction of sp³-hybridized carbons (Fsp3) is 0.562. The Bertz CT molecular complexity index is 491. The summed E-state index contributed by atoms with van der Waals surface area (Å²) in [6.45, 7) is 2.37. The lowest BCUT2D eigenvalue weighted by Crippen LogP contribution is -2.38. The molecule has 0 radical (unpaired) electrons. The van der Waals surface area contributed by atoms with Gasteiger partial charge in [0.05, 0.1) is 12.2 Å². The van der Waals surface area contributed by atoms with E-state index in [0.717, 1.165) is 18.7 Å². The first kappa shape index (κ1) is 15.6. The topological polar surface area (TPSA) is 44.9 Å². The number of anilines is 1. The number of nitrogens with zero attached hydrogens (tertiary/aromatic N) is 3. The second-order valence-corrected chi connectivity index (χ2v) is 5.76. The Morgan fingerprint density at radius 2 is 1.90 bits per heavy atom. The number of likely N-dealkylation sites (tertiary alicyclic amines) is 1. The van der Waals surface area contributed by atoms with Crippen molar-refractivity contribution in [2.45, 2.75) is 32.2 Å². The normalized spacial score (nSPS) is 16.7. The van der Waals surface area contributed by atoms with Gasteiger partial charge in [-0.25, -0.2) is 9.38 Å². The largest absolute Gasteiger partial charge is 0.375 e. The van der Waals surface area contributed by atoms with E-state index in [1.54, 1.807) is 11.0 Å². The lowest BCUT2D eigenvalue weighted by Gasteiger charge is -2.21.